The lowest BCUT2D eigenvalue weighted by molar-refractivity contribution is 0.273. The standard InChI is InChI=1S/C11H16O3S2/c1-8(7-12)9-4-5-10(15-2)11(6-9)16(3,13)14/h4-6,8,12H,7H2,1-3H3. The molecule has 0 fully saturated rings. The van der Waals surface area contributed by atoms with Crippen LogP contribution < -0.4 is 0 Å². The molecule has 0 aliphatic heterocycles. The van der Waals surface area contributed by atoms with Gasteiger partial charge >= 0.3 is 0 Å². The van der Waals surface area contributed by atoms with Crippen molar-refractivity contribution < 1.29 is 13.5 Å². The SMILES string of the molecule is CSc1ccc(C(C)CO)cc1S(C)(=O)=O. The highest BCUT2D eigenvalue weighted by Crippen LogP contribution is 2.28. The summed E-state index contributed by atoms with van der Waals surface area (Å²) in [6.45, 7) is 1.88. The van der Waals surface area contributed by atoms with Crippen molar-refractivity contribution in [3.05, 3.63) is 23.8 Å². The van der Waals surface area contributed by atoms with Gasteiger partial charge in [0, 0.05) is 23.7 Å². The molecule has 16 heavy (non-hydrogen) atoms. The molecule has 0 aliphatic carbocycles. The molecule has 0 radical (unpaired) electrons. The first kappa shape index (κ1) is 13.5. The first-order valence-electron chi connectivity index (χ1n) is 4.89. The minimum Gasteiger partial charge on any atom is -0.396 e. The predicted octanol–water partition coefficient (Wildman–Crippen LogP) is 1.91. The van der Waals surface area contributed by atoms with Gasteiger partial charge in [0.05, 0.1) is 4.90 Å². The second kappa shape index (κ2) is 5.21. The molecule has 0 aromatic heterocycles. The Kier molecular flexibility index (Phi) is 4.41. The van der Waals surface area contributed by atoms with Gasteiger partial charge in [0.25, 0.3) is 0 Å². The number of rotatable bonds is 4. The van der Waals surface area contributed by atoms with E-state index >= 15 is 0 Å². The number of aliphatic hydroxyl groups is 1. The van der Waals surface area contributed by atoms with Crippen molar-refractivity contribution in [2.45, 2.75) is 22.6 Å². The summed E-state index contributed by atoms with van der Waals surface area (Å²) in [5.41, 5.74) is 0.848. The summed E-state index contributed by atoms with van der Waals surface area (Å²) in [4.78, 5) is 1.09. The lowest BCUT2D eigenvalue weighted by Crippen LogP contribution is -2.04. The number of benzene rings is 1. The average molecular weight is 260 g/mol. The molecule has 0 amide bonds. The smallest absolute Gasteiger partial charge is 0.176 e. The van der Waals surface area contributed by atoms with Crippen LogP contribution in [0.4, 0.5) is 0 Å². The molecule has 0 aliphatic rings. The molecule has 1 atom stereocenters. The quantitative estimate of drug-likeness (QED) is 0.840. The van der Waals surface area contributed by atoms with Crippen molar-refractivity contribution in [1.82, 2.24) is 0 Å². The van der Waals surface area contributed by atoms with Crippen LogP contribution in [0.5, 0.6) is 0 Å². The Morgan fingerprint density at radius 1 is 1.44 bits per heavy atom. The molecule has 1 rings (SSSR count). The van der Waals surface area contributed by atoms with E-state index < -0.39 is 9.84 Å². The summed E-state index contributed by atoms with van der Waals surface area (Å²) in [6, 6.07) is 5.31. The zero-order valence-corrected chi connectivity index (χ0v) is 11.2. The van der Waals surface area contributed by atoms with Crippen LogP contribution in [0.25, 0.3) is 0 Å². The highest BCUT2D eigenvalue weighted by molar-refractivity contribution is 7.99. The van der Waals surface area contributed by atoms with Crippen molar-refractivity contribution in [3.8, 4) is 0 Å². The van der Waals surface area contributed by atoms with E-state index in [1.807, 2.05) is 19.2 Å². The lowest BCUT2D eigenvalue weighted by atomic mass is 10.0. The summed E-state index contributed by atoms with van der Waals surface area (Å²) in [5, 5.41) is 9.05. The van der Waals surface area contributed by atoms with Crippen LogP contribution in [0.3, 0.4) is 0 Å². The van der Waals surface area contributed by atoms with Gasteiger partial charge in [-0.25, -0.2) is 8.42 Å². The Morgan fingerprint density at radius 3 is 2.50 bits per heavy atom. The van der Waals surface area contributed by atoms with E-state index in [1.165, 1.54) is 18.0 Å². The molecule has 3 nitrogen and oxygen atoms in total. The highest BCUT2D eigenvalue weighted by atomic mass is 32.2. The Labute approximate surface area is 101 Å². The molecule has 1 N–H and O–H groups in total. The predicted molar refractivity (Wildman–Crippen MR) is 66.8 cm³/mol. The fourth-order valence-corrected chi connectivity index (χ4v) is 3.35. The Bertz CT molecular complexity index is 466. The van der Waals surface area contributed by atoms with Crippen molar-refractivity contribution in [2.75, 3.05) is 19.1 Å². The second-order valence-corrected chi connectivity index (χ2v) is 6.60. The van der Waals surface area contributed by atoms with Gasteiger partial charge in [0.1, 0.15) is 0 Å². The van der Waals surface area contributed by atoms with Crippen LogP contribution >= 0.6 is 11.8 Å². The summed E-state index contributed by atoms with van der Waals surface area (Å²) >= 11 is 1.41. The summed E-state index contributed by atoms with van der Waals surface area (Å²) in [6.07, 6.45) is 3.05. The molecule has 0 heterocycles. The second-order valence-electron chi connectivity index (χ2n) is 3.77. The molecule has 0 spiro atoms. The topological polar surface area (TPSA) is 54.4 Å². The van der Waals surface area contributed by atoms with E-state index in [1.54, 1.807) is 12.1 Å². The lowest BCUT2D eigenvalue weighted by Gasteiger charge is -2.12. The molecule has 1 aromatic carbocycles. The third-order valence-electron chi connectivity index (χ3n) is 2.43. The molecule has 1 unspecified atom stereocenters. The first-order chi connectivity index (χ1) is 7.40. The third-order valence-corrected chi connectivity index (χ3v) is 4.49. The van der Waals surface area contributed by atoms with Crippen LogP contribution in [0, 0.1) is 0 Å². The van der Waals surface area contributed by atoms with E-state index in [4.69, 9.17) is 5.11 Å². The maximum absolute atomic E-state index is 11.6. The van der Waals surface area contributed by atoms with Gasteiger partial charge in [-0.3, -0.25) is 0 Å². The van der Waals surface area contributed by atoms with E-state index in [-0.39, 0.29) is 12.5 Å². The monoisotopic (exact) mass is 260 g/mol. The number of aliphatic hydroxyl groups excluding tert-OH is 1. The summed E-state index contributed by atoms with van der Waals surface area (Å²) in [7, 11) is -3.21. The molecule has 1 aromatic rings. The van der Waals surface area contributed by atoms with Crippen LogP contribution in [-0.2, 0) is 9.84 Å². The average Bonchev–Trinajstić information content (AvgIpc) is 2.26. The fourth-order valence-electron chi connectivity index (χ4n) is 1.39. The Hall–Kier alpha value is -0.520. The van der Waals surface area contributed by atoms with E-state index in [0.29, 0.717) is 4.90 Å². The van der Waals surface area contributed by atoms with Gasteiger partial charge < -0.3 is 5.11 Å². The summed E-state index contributed by atoms with van der Waals surface area (Å²) in [5.74, 6) is -0.0450. The van der Waals surface area contributed by atoms with Gasteiger partial charge in [0.2, 0.25) is 0 Å². The molecule has 5 heteroatoms. The highest BCUT2D eigenvalue weighted by Gasteiger charge is 2.15. The minimum atomic E-state index is -3.21. The maximum atomic E-state index is 11.6. The van der Waals surface area contributed by atoms with Crippen LogP contribution in [0.15, 0.2) is 28.0 Å². The first-order valence-corrected chi connectivity index (χ1v) is 8.00. The molecular weight excluding hydrogens is 244 g/mol. The van der Waals surface area contributed by atoms with E-state index in [0.717, 1.165) is 10.5 Å². The summed E-state index contributed by atoms with van der Waals surface area (Å²) < 4.78 is 23.2. The molecule has 0 saturated carbocycles. The Morgan fingerprint density at radius 2 is 2.06 bits per heavy atom. The van der Waals surface area contributed by atoms with Crippen LogP contribution in [0.2, 0.25) is 0 Å². The number of hydrogen-bond donors (Lipinski definition) is 1. The van der Waals surface area contributed by atoms with E-state index in [2.05, 4.69) is 0 Å². The minimum absolute atomic E-state index is 0.0157. The largest absolute Gasteiger partial charge is 0.396 e. The van der Waals surface area contributed by atoms with Crippen molar-refractivity contribution in [2.24, 2.45) is 0 Å². The number of sulfone groups is 1. The zero-order chi connectivity index (χ0) is 12.3. The third kappa shape index (κ3) is 2.99. The molecule has 0 saturated heterocycles. The molecule has 90 valence electrons. The van der Waals surface area contributed by atoms with Gasteiger partial charge in [-0.05, 0) is 24.0 Å². The van der Waals surface area contributed by atoms with Crippen molar-refractivity contribution in [1.29, 1.82) is 0 Å². The van der Waals surface area contributed by atoms with Crippen molar-refractivity contribution >= 4 is 21.6 Å². The molecular formula is C11H16O3S2. The van der Waals surface area contributed by atoms with Crippen LogP contribution in [-0.4, -0.2) is 32.6 Å². The van der Waals surface area contributed by atoms with Crippen LogP contribution in [0.1, 0.15) is 18.4 Å². The maximum Gasteiger partial charge on any atom is 0.176 e. The van der Waals surface area contributed by atoms with Gasteiger partial charge in [-0.15, -0.1) is 11.8 Å². The van der Waals surface area contributed by atoms with Gasteiger partial charge in [0.15, 0.2) is 9.84 Å². The van der Waals surface area contributed by atoms with E-state index in [9.17, 15) is 8.42 Å². The molecule has 0 bridgehead atoms. The number of thioether (sulfide) groups is 1. The fraction of sp³-hybridized carbons (Fsp3) is 0.455. The van der Waals surface area contributed by atoms with Gasteiger partial charge in [-0.1, -0.05) is 13.0 Å². The Balaban J connectivity index is 3.33. The zero-order valence-electron chi connectivity index (χ0n) is 9.60. The van der Waals surface area contributed by atoms with Crippen molar-refractivity contribution in [3.63, 3.8) is 0 Å². The normalized spacial score (nSPS) is 13.8. The van der Waals surface area contributed by atoms with Gasteiger partial charge in [-0.2, -0.15) is 0 Å². The number of hydrogen-bond acceptors (Lipinski definition) is 4.